The van der Waals surface area contributed by atoms with Gasteiger partial charge in [-0.25, -0.2) is 8.78 Å². The zero-order chi connectivity index (χ0) is 27.1. The molecule has 0 aromatic heterocycles. The van der Waals surface area contributed by atoms with E-state index < -0.39 is 35.8 Å². The first-order valence-corrected chi connectivity index (χ1v) is 12.7. The molecule has 0 saturated heterocycles. The van der Waals surface area contributed by atoms with Crippen molar-refractivity contribution in [2.75, 3.05) is 6.54 Å². The van der Waals surface area contributed by atoms with Crippen LogP contribution in [0.25, 0.3) is 10.8 Å². The highest BCUT2D eigenvalue weighted by Gasteiger charge is 2.27. The van der Waals surface area contributed by atoms with E-state index in [-0.39, 0.29) is 18.5 Å². The number of hydrogen-bond acceptors (Lipinski definition) is 4. The lowest BCUT2D eigenvalue weighted by atomic mass is 9.97. The highest BCUT2D eigenvalue weighted by Crippen LogP contribution is 2.25. The molecule has 2 unspecified atom stereocenters. The van der Waals surface area contributed by atoms with Crippen molar-refractivity contribution in [1.29, 1.82) is 0 Å². The Bertz CT molecular complexity index is 1370. The van der Waals surface area contributed by atoms with Gasteiger partial charge in [0, 0.05) is 19.2 Å². The second-order valence-corrected chi connectivity index (χ2v) is 9.44. The molecule has 3 atom stereocenters. The predicted octanol–water partition coefficient (Wildman–Crippen LogP) is 4.59. The molecule has 0 heterocycles. The molecule has 0 aliphatic rings. The molecule has 0 saturated carbocycles. The molecular formula is C31H32F2N2O3. The molecule has 0 aliphatic heterocycles. The first-order chi connectivity index (χ1) is 18.3. The Hall–Kier alpha value is -3.65. The number of hydrogen-bond donors (Lipinski definition) is 4. The van der Waals surface area contributed by atoms with Gasteiger partial charge in [-0.2, -0.15) is 0 Å². The molecule has 0 aliphatic carbocycles. The number of rotatable bonds is 11. The smallest absolute Gasteiger partial charge is 0.253 e. The van der Waals surface area contributed by atoms with Crippen LogP contribution < -0.4 is 10.6 Å². The lowest BCUT2D eigenvalue weighted by Gasteiger charge is -2.26. The van der Waals surface area contributed by atoms with Crippen molar-refractivity contribution in [1.82, 2.24) is 10.6 Å². The summed E-state index contributed by atoms with van der Waals surface area (Å²) in [5.41, 5.74) is 2.96. The molecule has 198 valence electrons. The highest BCUT2D eigenvalue weighted by atomic mass is 19.1. The highest BCUT2D eigenvalue weighted by molar-refractivity contribution is 5.92. The molecule has 38 heavy (non-hydrogen) atoms. The van der Waals surface area contributed by atoms with Crippen LogP contribution in [-0.4, -0.2) is 34.8 Å². The van der Waals surface area contributed by atoms with Gasteiger partial charge in [0.25, 0.3) is 5.91 Å². The number of carbonyl (C=O) groups excluding carboxylic acids is 1. The molecule has 4 rings (SSSR count). The number of halogens is 2. The Balaban J connectivity index is 1.50. The molecule has 0 fully saturated rings. The van der Waals surface area contributed by atoms with Gasteiger partial charge in [-0.1, -0.05) is 73.7 Å². The molecule has 5 nitrogen and oxygen atoms in total. The maximum atomic E-state index is 13.8. The lowest BCUT2D eigenvalue weighted by molar-refractivity contribution is -0.131. The van der Waals surface area contributed by atoms with E-state index in [1.807, 2.05) is 48.5 Å². The fraction of sp³-hybridized carbons (Fsp3) is 0.258. The van der Waals surface area contributed by atoms with Crippen LogP contribution >= 0.6 is 0 Å². The second-order valence-electron chi connectivity index (χ2n) is 9.44. The molecule has 1 amide bonds. The summed E-state index contributed by atoms with van der Waals surface area (Å²) >= 11 is 0. The summed E-state index contributed by atoms with van der Waals surface area (Å²) in [5, 5.41) is 29.4. The lowest BCUT2D eigenvalue weighted by Crippen LogP contribution is -2.50. The first kappa shape index (κ1) is 27.4. The van der Waals surface area contributed by atoms with Gasteiger partial charge in [0.05, 0.1) is 12.1 Å². The fourth-order valence-corrected chi connectivity index (χ4v) is 4.62. The molecular weight excluding hydrogens is 486 g/mol. The SMILES string of the molecule is CCc1cccc(CNCC(O)C(Cc2cc(F)cc(F)c2)NC(=O)[C@H](O)c2cccc3ccccc23)c1. The van der Waals surface area contributed by atoms with E-state index in [0.29, 0.717) is 12.1 Å². The summed E-state index contributed by atoms with van der Waals surface area (Å²) in [4.78, 5) is 13.2. The minimum absolute atomic E-state index is 0.0309. The maximum absolute atomic E-state index is 13.8. The summed E-state index contributed by atoms with van der Waals surface area (Å²) < 4.78 is 27.7. The number of aliphatic hydroxyl groups excluding tert-OH is 2. The van der Waals surface area contributed by atoms with Crippen molar-refractivity contribution in [3.05, 3.63) is 119 Å². The Morgan fingerprint density at radius 3 is 2.29 bits per heavy atom. The van der Waals surface area contributed by atoms with Crippen molar-refractivity contribution in [3.63, 3.8) is 0 Å². The van der Waals surface area contributed by atoms with E-state index in [1.54, 1.807) is 12.1 Å². The minimum Gasteiger partial charge on any atom is -0.390 e. The van der Waals surface area contributed by atoms with Crippen molar-refractivity contribution in [3.8, 4) is 0 Å². The van der Waals surface area contributed by atoms with Crippen LogP contribution in [0.1, 0.15) is 35.3 Å². The van der Waals surface area contributed by atoms with Crippen LogP contribution in [0.2, 0.25) is 0 Å². The zero-order valence-corrected chi connectivity index (χ0v) is 21.2. The molecule has 0 radical (unpaired) electrons. The summed E-state index contributed by atoms with van der Waals surface area (Å²) in [6.45, 7) is 2.69. The largest absolute Gasteiger partial charge is 0.390 e. The second kappa shape index (κ2) is 12.7. The average Bonchev–Trinajstić information content (AvgIpc) is 2.91. The molecule has 4 aromatic carbocycles. The third kappa shape index (κ3) is 7.01. The Kier molecular flexibility index (Phi) is 9.18. The monoisotopic (exact) mass is 518 g/mol. The molecule has 7 heteroatoms. The van der Waals surface area contributed by atoms with Gasteiger partial charge in [0.2, 0.25) is 0 Å². The maximum Gasteiger partial charge on any atom is 0.253 e. The van der Waals surface area contributed by atoms with Gasteiger partial charge in [0.1, 0.15) is 11.6 Å². The normalized spacial score (nSPS) is 13.7. The Labute approximate surface area is 221 Å². The Morgan fingerprint density at radius 2 is 1.53 bits per heavy atom. The van der Waals surface area contributed by atoms with Crippen LogP contribution in [0, 0.1) is 11.6 Å². The summed E-state index contributed by atoms with van der Waals surface area (Å²) in [6, 6.07) is 23.0. The van der Waals surface area contributed by atoms with E-state index in [1.165, 1.54) is 17.7 Å². The van der Waals surface area contributed by atoms with Gasteiger partial charge in [-0.05, 0) is 58.0 Å². The summed E-state index contributed by atoms with van der Waals surface area (Å²) in [6.07, 6.45) is -1.71. The number of benzene rings is 4. The van der Waals surface area contributed by atoms with Gasteiger partial charge < -0.3 is 20.8 Å². The van der Waals surface area contributed by atoms with Crippen molar-refractivity contribution in [2.45, 2.75) is 44.6 Å². The van der Waals surface area contributed by atoms with E-state index in [9.17, 15) is 23.8 Å². The fourth-order valence-electron chi connectivity index (χ4n) is 4.62. The number of carbonyl (C=O) groups is 1. The summed E-state index contributed by atoms with van der Waals surface area (Å²) in [5.74, 6) is -2.20. The van der Waals surface area contributed by atoms with E-state index in [2.05, 4.69) is 23.6 Å². The topological polar surface area (TPSA) is 81.6 Å². The van der Waals surface area contributed by atoms with Gasteiger partial charge in [-0.3, -0.25) is 4.79 Å². The van der Waals surface area contributed by atoms with Crippen LogP contribution in [0.15, 0.2) is 84.9 Å². The van der Waals surface area contributed by atoms with Crippen molar-refractivity contribution in [2.24, 2.45) is 0 Å². The Morgan fingerprint density at radius 1 is 0.842 bits per heavy atom. The van der Waals surface area contributed by atoms with E-state index in [0.717, 1.165) is 28.8 Å². The molecule has 0 spiro atoms. The van der Waals surface area contributed by atoms with Crippen LogP contribution in [0.5, 0.6) is 0 Å². The van der Waals surface area contributed by atoms with E-state index in [4.69, 9.17) is 0 Å². The molecule has 0 bridgehead atoms. The molecule has 4 N–H and O–H groups in total. The number of fused-ring (bicyclic) bond motifs is 1. The number of nitrogens with one attached hydrogen (secondary N) is 2. The number of amides is 1. The average molecular weight is 519 g/mol. The van der Waals surface area contributed by atoms with Crippen LogP contribution in [-0.2, 0) is 24.2 Å². The zero-order valence-electron chi connectivity index (χ0n) is 21.2. The minimum atomic E-state index is -1.50. The van der Waals surface area contributed by atoms with Gasteiger partial charge in [-0.15, -0.1) is 0 Å². The third-order valence-electron chi connectivity index (χ3n) is 6.62. The standard InChI is InChI=1S/C31H32F2N2O3/c1-2-20-7-5-8-21(13-20)18-34-19-29(36)28(16-22-14-24(32)17-25(33)15-22)35-31(38)30(37)27-12-6-10-23-9-3-4-11-26(23)27/h3-15,17,28-30,34,36-37H,2,16,18-19H2,1H3,(H,35,38)/t28?,29?,30-/m1/s1. The third-order valence-corrected chi connectivity index (χ3v) is 6.62. The van der Waals surface area contributed by atoms with Crippen molar-refractivity contribution >= 4 is 16.7 Å². The van der Waals surface area contributed by atoms with Gasteiger partial charge in [0.15, 0.2) is 6.10 Å². The summed E-state index contributed by atoms with van der Waals surface area (Å²) in [7, 11) is 0. The van der Waals surface area contributed by atoms with Crippen molar-refractivity contribution < 1.29 is 23.8 Å². The molecule has 4 aromatic rings. The quantitative estimate of drug-likeness (QED) is 0.234. The first-order valence-electron chi connectivity index (χ1n) is 12.7. The predicted molar refractivity (Wildman–Crippen MR) is 144 cm³/mol. The number of aliphatic hydroxyl groups is 2. The van der Waals surface area contributed by atoms with Crippen LogP contribution in [0.3, 0.4) is 0 Å². The van der Waals surface area contributed by atoms with Crippen LogP contribution in [0.4, 0.5) is 8.78 Å². The number of aryl methyl sites for hydroxylation is 1. The van der Waals surface area contributed by atoms with Gasteiger partial charge >= 0.3 is 0 Å². The van der Waals surface area contributed by atoms with E-state index >= 15 is 0 Å².